The molecule has 0 aromatic rings. The van der Waals surface area contributed by atoms with Crippen molar-refractivity contribution in [2.24, 2.45) is 10.8 Å². The molecule has 0 N–H and O–H groups in total. The summed E-state index contributed by atoms with van der Waals surface area (Å²) in [5.41, 5.74) is 0.715. The summed E-state index contributed by atoms with van der Waals surface area (Å²) in [4.78, 5) is 2.64. The van der Waals surface area contributed by atoms with E-state index in [0.717, 1.165) is 25.4 Å². The lowest BCUT2D eigenvalue weighted by atomic mass is 9.65. The zero-order valence-electron chi connectivity index (χ0n) is 16.1. The largest absolute Gasteiger partial charge is 0.357 e. The minimum atomic E-state index is -0.250. The maximum atomic E-state index is 6.27. The first-order chi connectivity index (χ1) is 10.5. The average molecular weight is 318 g/mol. The minimum absolute atomic E-state index is 0.0244. The molecular weight excluding hydrogens is 282 g/mol. The number of ether oxygens (including phenoxy) is 1. The monoisotopic (exact) mass is 317 g/mol. The third kappa shape index (κ3) is 3.94. The number of fused-ring (bicyclic) bond motifs is 2. The third-order valence-corrected chi connectivity index (χ3v) is 6.09. The Labute approximate surface area is 143 Å². The molecule has 2 bridgehead atoms. The molecule has 3 aliphatic rings. The van der Waals surface area contributed by atoms with Crippen LogP contribution in [0.15, 0.2) is 0 Å². The van der Waals surface area contributed by atoms with Gasteiger partial charge in [0.05, 0.1) is 12.1 Å². The molecule has 3 atom stereocenters. The molecule has 1 aliphatic carbocycles. The Balaban J connectivity index is 1.64. The van der Waals surface area contributed by atoms with Crippen molar-refractivity contribution in [3.8, 4) is 11.8 Å². The Kier molecular flexibility index (Phi) is 4.14. The van der Waals surface area contributed by atoms with Gasteiger partial charge in [-0.15, -0.1) is 0 Å². The van der Waals surface area contributed by atoms with Gasteiger partial charge in [0.2, 0.25) is 0 Å². The molecule has 1 saturated carbocycles. The molecule has 0 unspecified atom stereocenters. The minimum Gasteiger partial charge on any atom is -0.357 e. The molecule has 0 aromatic carbocycles. The maximum absolute atomic E-state index is 6.27. The van der Waals surface area contributed by atoms with Crippen molar-refractivity contribution in [3.63, 3.8) is 0 Å². The van der Waals surface area contributed by atoms with Crippen LogP contribution < -0.4 is 0 Å². The number of rotatable bonds is 1. The van der Waals surface area contributed by atoms with Gasteiger partial charge in [0, 0.05) is 12.6 Å². The quantitative estimate of drug-likeness (QED) is 0.654. The Bertz CT molecular complexity index is 526. The predicted octanol–water partition coefficient (Wildman–Crippen LogP) is 4.63. The second-order valence-electron chi connectivity index (χ2n) is 10.4. The first-order valence-corrected chi connectivity index (χ1v) is 9.44. The smallest absolute Gasteiger partial charge is 0.126 e. The van der Waals surface area contributed by atoms with Crippen LogP contribution in [0.5, 0.6) is 0 Å². The number of hydrogen-bond acceptors (Lipinski definition) is 2. The summed E-state index contributed by atoms with van der Waals surface area (Å²) in [5, 5.41) is 0. The average Bonchev–Trinajstić information content (AvgIpc) is 2.56. The van der Waals surface area contributed by atoms with Crippen LogP contribution in [0.25, 0.3) is 0 Å². The van der Waals surface area contributed by atoms with Crippen LogP contribution in [0.4, 0.5) is 0 Å². The standard InChI is InChI=1S/C21H35NO/c1-18(2)13-17-14-20(5,15-18)16-22(17)12-8-11-21(6)10-7-9-19(3,4)23-21/h17H,7,9-10,12-16H2,1-6H3/t17-,20-,21+/m0/s1. The second kappa shape index (κ2) is 5.50. The van der Waals surface area contributed by atoms with E-state index in [9.17, 15) is 0 Å². The van der Waals surface area contributed by atoms with Crippen LogP contribution in [0.1, 0.15) is 80.1 Å². The fourth-order valence-corrected chi connectivity index (χ4v) is 5.74. The summed E-state index contributed by atoms with van der Waals surface area (Å²) in [6.45, 7) is 16.0. The van der Waals surface area contributed by atoms with Crippen molar-refractivity contribution >= 4 is 0 Å². The van der Waals surface area contributed by atoms with Gasteiger partial charge in [0.15, 0.2) is 0 Å². The van der Waals surface area contributed by atoms with Gasteiger partial charge < -0.3 is 4.74 Å². The van der Waals surface area contributed by atoms with Crippen LogP contribution >= 0.6 is 0 Å². The van der Waals surface area contributed by atoms with Gasteiger partial charge in [0.25, 0.3) is 0 Å². The van der Waals surface area contributed by atoms with E-state index in [4.69, 9.17) is 4.74 Å². The number of nitrogens with zero attached hydrogens (tertiary/aromatic N) is 1. The molecule has 23 heavy (non-hydrogen) atoms. The molecule has 3 fully saturated rings. The van der Waals surface area contributed by atoms with Crippen molar-refractivity contribution in [3.05, 3.63) is 0 Å². The molecule has 130 valence electrons. The molecule has 0 aromatic heterocycles. The molecule has 0 spiro atoms. The Hall–Kier alpha value is -0.520. The summed E-state index contributed by atoms with van der Waals surface area (Å²) in [6, 6.07) is 0.731. The normalized spacial score (nSPS) is 42.1. The molecule has 2 heterocycles. The zero-order valence-corrected chi connectivity index (χ0v) is 16.1. The van der Waals surface area contributed by atoms with Gasteiger partial charge >= 0.3 is 0 Å². The highest BCUT2D eigenvalue weighted by Crippen LogP contribution is 2.52. The highest BCUT2D eigenvalue weighted by atomic mass is 16.5. The first-order valence-electron chi connectivity index (χ1n) is 9.44. The Morgan fingerprint density at radius 1 is 1.04 bits per heavy atom. The van der Waals surface area contributed by atoms with E-state index in [1.807, 2.05) is 0 Å². The third-order valence-electron chi connectivity index (χ3n) is 6.09. The van der Waals surface area contributed by atoms with Crippen LogP contribution in [0, 0.1) is 22.7 Å². The van der Waals surface area contributed by atoms with E-state index in [1.165, 1.54) is 32.2 Å². The fourth-order valence-electron chi connectivity index (χ4n) is 5.74. The zero-order chi connectivity index (χ0) is 16.9. The van der Waals surface area contributed by atoms with Crippen molar-refractivity contribution < 1.29 is 4.74 Å². The molecule has 0 radical (unpaired) electrons. The van der Waals surface area contributed by atoms with Crippen LogP contribution in [-0.4, -0.2) is 35.2 Å². The summed E-state index contributed by atoms with van der Waals surface area (Å²) in [5.74, 6) is 6.96. The lowest BCUT2D eigenvalue weighted by molar-refractivity contribution is -0.135. The highest BCUT2D eigenvalue weighted by molar-refractivity contribution is 5.17. The topological polar surface area (TPSA) is 12.5 Å². The first kappa shape index (κ1) is 17.3. The van der Waals surface area contributed by atoms with Crippen molar-refractivity contribution in [1.82, 2.24) is 4.90 Å². The molecule has 2 aliphatic heterocycles. The second-order valence-corrected chi connectivity index (χ2v) is 10.4. The fraction of sp³-hybridized carbons (Fsp3) is 0.905. The lowest BCUT2D eigenvalue weighted by Crippen LogP contribution is -2.42. The molecule has 2 heteroatoms. The van der Waals surface area contributed by atoms with Gasteiger partial charge in [0.1, 0.15) is 5.60 Å². The SMILES string of the molecule is CC1(C)C[C@H]2C[C@](C)(CN2CC#C[C@@]2(C)CCCC(C)(C)O2)C1. The van der Waals surface area contributed by atoms with Crippen molar-refractivity contribution in [1.29, 1.82) is 0 Å². The predicted molar refractivity (Wildman–Crippen MR) is 96.3 cm³/mol. The molecule has 0 amide bonds. The van der Waals surface area contributed by atoms with Gasteiger partial charge in [-0.3, -0.25) is 4.90 Å². The summed E-state index contributed by atoms with van der Waals surface area (Å²) in [6.07, 6.45) is 7.47. The summed E-state index contributed by atoms with van der Waals surface area (Å²) in [7, 11) is 0. The lowest BCUT2D eigenvalue weighted by Gasteiger charge is -2.40. The molecular formula is C21H35NO. The molecule has 2 saturated heterocycles. The van der Waals surface area contributed by atoms with Crippen molar-refractivity contribution in [2.45, 2.75) is 97.3 Å². The van der Waals surface area contributed by atoms with Crippen LogP contribution in [0.2, 0.25) is 0 Å². The van der Waals surface area contributed by atoms with Gasteiger partial charge in [-0.25, -0.2) is 0 Å². The van der Waals surface area contributed by atoms with E-state index in [-0.39, 0.29) is 11.2 Å². The van der Waals surface area contributed by atoms with E-state index in [0.29, 0.717) is 10.8 Å². The van der Waals surface area contributed by atoms with Crippen molar-refractivity contribution in [2.75, 3.05) is 13.1 Å². The number of hydrogen-bond donors (Lipinski definition) is 0. The van der Waals surface area contributed by atoms with E-state index < -0.39 is 0 Å². The summed E-state index contributed by atoms with van der Waals surface area (Å²) < 4.78 is 6.27. The molecule has 2 nitrogen and oxygen atoms in total. The van der Waals surface area contributed by atoms with Gasteiger partial charge in [-0.2, -0.15) is 0 Å². The van der Waals surface area contributed by atoms with Gasteiger partial charge in [-0.1, -0.05) is 32.6 Å². The summed E-state index contributed by atoms with van der Waals surface area (Å²) >= 11 is 0. The van der Waals surface area contributed by atoms with E-state index >= 15 is 0 Å². The van der Waals surface area contributed by atoms with E-state index in [2.05, 4.69) is 58.3 Å². The van der Waals surface area contributed by atoms with E-state index in [1.54, 1.807) is 0 Å². The molecule has 3 rings (SSSR count). The number of likely N-dealkylation sites (tertiary alicyclic amines) is 1. The Morgan fingerprint density at radius 2 is 1.78 bits per heavy atom. The van der Waals surface area contributed by atoms with Crippen LogP contribution in [-0.2, 0) is 4.74 Å². The van der Waals surface area contributed by atoms with Gasteiger partial charge in [-0.05, 0) is 70.1 Å². The maximum Gasteiger partial charge on any atom is 0.126 e. The van der Waals surface area contributed by atoms with Crippen LogP contribution in [0.3, 0.4) is 0 Å². The Morgan fingerprint density at radius 3 is 2.48 bits per heavy atom. The highest BCUT2D eigenvalue weighted by Gasteiger charge is 2.49.